The predicted molar refractivity (Wildman–Crippen MR) is 81.1 cm³/mol. The molecule has 1 atom stereocenters. The van der Waals surface area contributed by atoms with Crippen LogP contribution in [0.25, 0.3) is 0 Å². The largest absolute Gasteiger partial charge is 0.355 e. The molecule has 1 aliphatic heterocycles. The normalized spacial score (nSPS) is 18.8. The SMILES string of the molecule is CC(C)CC(CNC(=O)CC(C)(C)C)N1CCCC1. The summed E-state index contributed by atoms with van der Waals surface area (Å²) >= 11 is 0. The van der Waals surface area contributed by atoms with E-state index in [1.807, 2.05) is 0 Å². The van der Waals surface area contributed by atoms with Crippen molar-refractivity contribution in [2.75, 3.05) is 19.6 Å². The van der Waals surface area contributed by atoms with Crippen LogP contribution in [0, 0.1) is 11.3 Å². The first-order valence-electron chi connectivity index (χ1n) is 7.78. The van der Waals surface area contributed by atoms with Crippen molar-refractivity contribution in [2.45, 2.75) is 66.3 Å². The number of hydrogen-bond donors (Lipinski definition) is 1. The lowest BCUT2D eigenvalue weighted by Gasteiger charge is -2.29. The summed E-state index contributed by atoms with van der Waals surface area (Å²) in [5, 5.41) is 3.14. The van der Waals surface area contributed by atoms with Crippen LogP contribution in [0.1, 0.15) is 60.3 Å². The molecule has 0 aromatic heterocycles. The summed E-state index contributed by atoms with van der Waals surface area (Å²) in [5.74, 6) is 0.880. The molecule has 0 aromatic carbocycles. The van der Waals surface area contributed by atoms with Gasteiger partial charge in [-0.25, -0.2) is 0 Å². The number of rotatable bonds is 6. The minimum atomic E-state index is 0.0747. The highest BCUT2D eigenvalue weighted by molar-refractivity contribution is 5.76. The number of nitrogens with zero attached hydrogens (tertiary/aromatic N) is 1. The standard InChI is InChI=1S/C16H32N2O/c1-13(2)10-14(18-8-6-7-9-18)12-17-15(19)11-16(3,4)5/h13-14H,6-12H2,1-5H3,(H,17,19). The van der Waals surface area contributed by atoms with E-state index in [-0.39, 0.29) is 11.3 Å². The van der Waals surface area contributed by atoms with Crippen molar-refractivity contribution >= 4 is 5.91 Å². The van der Waals surface area contributed by atoms with Crippen molar-refractivity contribution in [3.05, 3.63) is 0 Å². The average molecular weight is 268 g/mol. The van der Waals surface area contributed by atoms with E-state index in [4.69, 9.17) is 0 Å². The van der Waals surface area contributed by atoms with Gasteiger partial charge in [0.05, 0.1) is 0 Å². The Hall–Kier alpha value is -0.570. The molecule has 0 radical (unpaired) electrons. The molecule has 1 saturated heterocycles. The Kier molecular flexibility index (Phi) is 6.31. The Labute approximate surface area is 119 Å². The lowest BCUT2D eigenvalue weighted by atomic mass is 9.92. The van der Waals surface area contributed by atoms with Gasteiger partial charge in [0.1, 0.15) is 0 Å². The molecule has 0 spiro atoms. The molecule has 1 aliphatic rings. The maximum Gasteiger partial charge on any atom is 0.220 e. The van der Waals surface area contributed by atoms with Crippen LogP contribution < -0.4 is 5.32 Å². The van der Waals surface area contributed by atoms with Crippen LogP contribution in [0.2, 0.25) is 0 Å². The Morgan fingerprint density at radius 3 is 2.26 bits per heavy atom. The number of amides is 1. The second-order valence-corrected chi connectivity index (χ2v) is 7.57. The number of nitrogens with one attached hydrogen (secondary N) is 1. The number of carbonyl (C=O) groups is 1. The lowest BCUT2D eigenvalue weighted by Crippen LogP contribution is -2.43. The van der Waals surface area contributed by atoms with Crippen molar-refractivity contribution in [2.24, 2.45) is 11.3 Å². The predicted octanol–water partition coefficient (Wildman–Crippen LogP) is 3.05. The first-order valence-corrected chi connectivity index (χ1v) is 7.78. The van der Waals surface area contributed by atoms with E-state index in [0.29, 0.717) is 18.4 Å². The van der Waals surface area contributed by atoms with Gasteiger partial charge in [-0.2, -0.15) is 0 Å². The molecule has 0 aliphatic carbocycles. The molecule has 0 bridgehead atoms. The third-order valence-corrected chi connectivity index (χ3v) is 3.63. The van der Waals surface area contributed by atoms with Crippen molar-refractivity contribution in [3.8, 4) is 0 Å². The average Bonchev–Trinajstić information content (AvgIpc) is 2.74. The molecule has 3 nitrogen and oxygen atoms in total. The summed E-state index contributed by atoms with van der Waals surface area (Å²) < 4.78 is 0. The minimum absolute atomic E-state index is 0.0747. The van der Waals surface area contributed by atoms with Gasteiger partial charge in [-0.1, -0.05) is 34.6 Å². The van der Waals surface area contributed by atoms with Crippen LogP contribution >= 0.6 is 0 Å². The van der Waals surface area contributed by atoms with E-state index in [1.54, 1.807) is 0 Å². The van der Waals surface area contributed by atoms with Gasteiger partial charge in [-0.3, -0.25) is 9.69 Å². The third-order valence-electron chi connectivity index (χ3n) is 3.63. The van der Waals surface area contributed by atoms with E-state index < -0.39 is 0 Å². The van der Waals surface area contributed by atoms with Crippen molar-refractivity contribution < 1.29 is 4.79 Å². The highest BCUT2D eigenvalue weighted by Gasteiger charge is 2.24. The fraction of sp³-hybridized carbons (Fsp3) is 0.938. The van der Waals surface area contributed by atoms with E-state index in [9.17, 15) is 4.79 Å². The summed E-state index contributed by atoms with van der Waals surface area (Å²) in [6.07, 6.45) is 4.41. The van der Waals surface area contributed by atoms with E-state index in [2.05, 4.69) is 44.8 Å². The van der Waals surface area contributed by atoms with Crippen molar-refractivity contribution in [1.29, 1.82) is 0 Å². The molecule has 0 saturated carbocycles. The van der Waals surface area contributed by atoms with Crippen LogP contribution in [0.15, 0.2) is 0 Å². The zero-order chi connectivity index (χ0) is 14.5. The molecule has 1 rings (SSSR count). The smallest absolute Gasteiger partial charge is 0.220 e. The Bertz CT molecular complexity index is 275. The van der Waals surface area contributed by atoms with Gasteiger partial charge in [0, 0.05) is 19.0 Å². The molecule has 3 heteroatoms. The molecule has 112 valence electrons. The summed E-state index contributed by atoms with van der Waals surface area (Å²) in [7, 11) is 0. The molecule has 1 N–H and O–H groups in total. The monoisotopic (exact) mass is 268 g/mol. The maximum atomic E-state index is 11.9. The first-order chi connectivity index (χ1) is 8.78. The number of carbonyl (C=O) groups excluding carboxylic acids is 1. The fourth-order valence-corrected chi connectivity index (χ4v) is 2.79. The first kappa shape index (κ1) is 16.5. The Balaban J connectivity index is 2.41. The van der Waals surface area contributed by atoms with Crippen LogP contribution in [-0.2, 0) is 4.79 Å². The zero-order valence-electron chi connectivity index (χ0n) is 13.5. The fourth-order valence-electron chi connectivity index (χ4n) is 2.79. The molecule has 0 aromatic rings. The van der Waals surface area contributed by atoms with Gasteiger partial charge in [0.15, 0.2) is 0 Å². The molecule has 1 amide bonds. The maximum absolute atomic E-state index is 11.9. The zero-order valence-corrected chi connectivity index (χ0v) is 13.5. The quantitative estimate of drug-likeness (QED) is 0.803. The van der Waals surface area contributed by atoms with Gasteiger partial charge in [0.25, 0.3) is 0 Å². The molecular weight excluding hydrogens is 236 g/mol. The second-order valence-electron chi connectivity index (χ2n) is 7.57. The van der Waals surface area contributed by atoms with E-state index in [0.717, 1.165) is 6.54 Å². The summed E-state index contributed by atoms with van der Waals surface area (Å²) in [5.41, 5.74) is 0.0747. The highest BCUT2D eigenvalue weighted by atomic mass is 16.1. The summed E-state index contributed by atoms with van der Waals surface area (Å²) in [4.78, 5) is 14.5. The summed E-state index contributed by atoms with van der Waals surface area (Å²) in [6.45, 7) is 14.1. The summed E-state index contributed by atoms with van der Waals surface area (Å²) in [6, 6.07) is 0.520. The van der Waals surface area contributed by atoms with Crippen molar-refractivity contribution in [3.63, 3.8) is 0 Å². The minimum Gasteiger partial charge on any atom is -0.355 e. The van der Waals surface area contributed by atoms with Crippen LogP contribution in [-0.4, -0.2) is 36.5 Å². The second kappa shape index (κ2) is 7.28. The Morgan fingerprint density at radius 1 is 1.21 bits per heavy atom. The molecule has 1 fully saturated rings. The van der Waals surface area contributed by atoms with Crippen LogP contribution in [0.4, 0.5) is 0 Å². The number of hydrogen-bond acceptors (Lipinski definition) is 2. The van der Waals surface area contributed by atoms with Gasteiger partial charge in [-0.15, -0.1) is 0 Å². The molecular formula is C16H32N2O. The van der Waals surface area contributed by atoms with Gasteiger partial charge in [0.2, 0.25) is 5.91 Å². The third kappa shape index (κ3) is 6.95. The lowest BCUT2D eigenvalue weighted by molar-refractivity contribution is -0.123. The van der Waals surface area contributed by atoms with E-state index in [1.165, 1.54) is 32.4 Å². The molecule has 1 unspecified atom stereocenters. The van der Waals surface area contributed by atoms with Gasteiger partial charge >= 0.3 is 0 Å². The molecule has 19 heavy (non-hydrogen) atoms. The van der Waals surface area contributed by atoms with Crippen molar-refractivity contribution in [1.82, 2.24) is 10.2 Å². The Morgan fingerprint density at radius 2 is 1.79 bits per heavy atom. The van der Waals surface area contributed by atoms with Crippen LogP contribution in [0.5, 0.6) is 0 Å². The topological polar surface area (TPSA) is 32.3 Å². The number of likely N-dealkylation sites (tertiary alicyclic amines) is 1. The highest BCUT2D eigenvalue weighted by Crippen LogP contribution is 2.19. The van der Waals surface area contributed by atoms with Gasteiger partial charge < -0.3 is 5.32 Å². The van der Waals surface area contributed by atoms with Gasteiger partial charge in [-0.05, 0) is 43.7 Å². The van der Waals surface area contributed by atoms with Crippen LogP contribution in [0.3, 0.4) is 0 Å². The molecule has 1 heterocycles. The van der Waals surface area contributed by atoms with E-state index >= 15 is 0 Å².